The van der Waals surface area contributed by atoms with E-state index in [1.54, 1.807) is 7.11 Å². The summed E-state index contributed by atoms with van der Waals surface area (Å²) in [5.74, 6) is 1.71. The lowest BCUT2D eigenvalue weighted by atomic mass is 9.96. The third-order valence-electron chi connectivity index (χ3n) is 4.60. The van der Waals surface area contributed by atoms with Crippen molar-refractivity contribution in [1.82, 2.24) is 10.2 Å². The van der Waals surface area contributed by atoms with E-state index in [0.29, 0.717) is 0 Å². The molecule has 108 valence electrons. The molecule has 0 radical (unpaired) electrons. The van der Waals surface area contributed by atoms with Crippen LogP contribution in [-0.4, -0.2) is 17.3 Å². The van der Waals surface area contributed by atoms with Gasteiger partial charge in [0.1, 0.15) is 11.4 Å². The van der Waals surface area contributed by atoms with Crippen molar-refractivity contribution < 1.29 is 4.74 Å². The maximum Gasteiger partial charge on any atom is 0.128 e. The fourth-order valence-corrected chi connectivity index (χ4v) is 3.39. The predicted octanol–water partition coefficient (Wildman–Crippen LogP) is 3.83. The van der Waals surface area contributed by atoms with E-state index in [-0.39, 0.29) is 0 Å². The Morgan fingerprint density at radius 3 is 2.62 bits per heavy atom. The topological polar surface area (TPSA) is 35.0 Å². The van der Waals surface area contributed by atoms with Gasteiger partial charge in [0.2, 0.25) is 0 Å². The molecule has 0 bridgehead atoms. The number of hydrogen-bond donors (Lipinski definition) is 0. The molecular weight excluding hydrogens is 260 g/mol. The molecule has 4 rings (SSSR count). The summed E-state index contributed by atoms with van der Waals surface area (Å²) in [5.41, 5.74) is 7.31. The van der Waals surface area contributed by atoms with Crippen LogP contribution in [0.3, 0.4) is 0 Å². The average molecular weight is 280 g/mol. The first-order valence-electron chi connectivity index (χ1n) is 7.80. The van der Waals surface area contributed by atoms with Crippen LogP contribution in [0.2, 0.25) is 0 Å². The highest BCUT2D eigenvalue weighted by atomic mass is 16.5. The van der Waals surface area contributed by atoms with E-state index >= 15 is 0 Å². The number of methoxy groups -OCH3 is 1. The van der Waals surface area contributed by atoms with Gasteiger partial charge in [-0.2, -0.15) is 5.10 Å². The van der Waals surface area contributed by atoms with Gasteiger partial charge in [-0.1, -0.05) is 6.07 Å². The molecule has 0 atom stereocenters. The third kappa shape index (κ3) is 2.21. The molecule has 21 heavy (non-hydrogen) atoms. The number of hydrogen-bond acceptors (Lipinski definition) is 3. The second kappa shape index (κ2) is 4.83. The third-order valence-corrected chi connectivity index (χ3v) is 4.60. The Bertz CT molecular complexity index is 705. The molecular formula is C18H20N2O. The van der Waals surface area contributed by atoms with Crippen molar-refractivity contribution in [3.63, 3.8) is 0 Å². The molecule has 3 nitrogen and oxygen atoms in total. The average Bonchev–Trinajstić information content (AvgIpc) is 3.32. The van der Waals surface area contributed by atoms with Gasteiger partial charge >= 0.3 is 0 Å². The highest BCUT2D eigenvalue weighted by Gasteiger charge is 2.28. The molecule has 0 N–H and O–H groups in total. The molecule has 1 heterocycles. The Morgan fingerprint density at radius 2 is 1.86 bits per heavy atom. The van der Waals surface area contributed by atoms with E-state index in [2.05, 4.69) is 28.4 Å². The van der Waals surface area contributed by atoms with Gasteiger partial charge in [-0.05, 0) is 73.8 Å². The predicted molar refractivity (Wildman–Crippen MR) is 82.8 cm³/mol. The Labute approximate surface area is 125 Å². The molecule has 0 saturated heterocycles. The largest absolute Gasteiger partial charge is 0.496 e. The van der Waals surface area contributed by atoms with E-state index in [0.717, 1.165) is 35.9 Å². The molecule has 0 spiro atoms. The second-order valence-electron chi connectivity index (χ2n) is 6.24. The molecule has 3 heteroatoms. The van der Waals surface area contributed by atoms with Crippen LogP contribution in [0.1, 0.15) is 47.6 Å². The van der Waals surface area contributed by atoms with Crippen LogP contribution in [0.15, 0.2) is 18.2 Å². The first-order chi connectivity index (χ1) is 10.3. The van der Waals surface area contributed by atoms with E-state index in [9.17, 15) is 0 Å². The maximum absolute atomic E-state index is 5.71. The summed E-state index contributed by atoms with van der Waals surface area (Å²) >= 11 is 0. The first kappa shape index (κ1) is 12.8. The lowest BCUT2D eigenvalue weighted by molar-refractivity contribution is 0.415. The monoisotopic (exact) mass is 280 g/mol. The molecule has 1 saturated carbocycles. The normalized spacial score (nSPS) is 16.9. The van der Waals surface area contributed by atoms with Gasteiger partial charge in [0.05, 0.1) is 12.8 Å². The van der Waals surface area contributed by atoms with Crippen molar-refractivity contribution in [2.45, 2.75) is 44.9 Å². The maximum atomic E-state index is 5.71. The molecule has 1 aromatic heterocycles. The molecule has 2 aromatic rings. The minimum Gasteiger partial charge on any atom is -0.496 e. The summed E-state index contributed by atoms with van der Waals surface area (Å²) in [6, 6.07) is 6.77. The zero-order valence-electron chi connectivity index (χ0n) is 12.6. The van der Waals surface area contributed by atoms with Gasteiger partial charge in [-0.3, -0.25) is 0 Å². The van der Waals surface area contributed by atoms with Crippen LogP contribution >= 0.6 is 0 Å². The molecule has 0 aliphatic heterocycles. The number of aryl methyl sites for hydroxylation is 3. The summed E-state index contributed by atoms with van der Waals surface area (Å²) in [6.07, 6.45) is 5.97. The molecule has 2 aliphatic rings. The number of ether oxygens (including phenoxy) is 1. The standard InChI is InChI=1S/C18H20N2O/c1-11-8-14-5-3-4-13-9-15(12-6-7-12)10-16(21-2)17(13)18(14)20-19-11/h8-10,12H,3-7H2,1-2H3. The highest BCUT2D eigenvalue weighted by Crippen LogP contribution is 2.45. The fourth-order valence-electron chi connectivity index (χ4n) is 3.39. The van der Waals surface area contributed by atoms with Gasteiger partial charge in [-0.15, -0.1) is 5.10 Å². The van der Waals surface area contributed by atoms with E-state index < -0.39 is 0 Å². The Kier molecular flexibility index (Phi) is 2.95. The summed E-state index contributed by atoms with van der Waals surface area (Å²) in [6.45, 7) is 2.01. The van der Waals surface area contributed by atoms with Crippen LogP contribution in [-0.2, 0) is 12.8 Å². The number of benzene rings is 1. The minimum absolute atomic E-state index is 0.746. The van der Waals surface area contributed by atoms with Crippen LogP contribution in [0.25, 0.3) is 11.3 Å². The number of nitrogens with zero attached hydrogens (tertiary/aromatic N) is 2. The van der Waals surface area contributed by atoms with Gasteiger partial charge in [-0.25, -0.2) is 0 Å². The summed E-state index contributed by atoms with van der Waals surface area (Å²) < 4.78 is 5.71. The fraction of sp³-hybridized carbons (Fsp3) is 0.444. The van der Waals surface area contributed by atoms with Crippen LogP contribution in [0, 0.1) is 6.92 Å². The molecule has 0 unspecified atom stereocenters. The molecule has 1 fully saturated rings. The highest BCUT2D eigenvalue weighted by molar-refractivity contribution is 5.75. The van der Waals surface area contributed by atoms with Crippen molar-refractivity contribution in [3.8, 4) is 17.0 Å². The van der Waals surface area contributed by atoms with Crippen LogP contribution in [0.4, 0.5) is 0 Å². The van der Waals surface area contributed by atoms with Crippen LogP contribution < -0.4 is 4.74 Å². The van der Waals surface area contributed by atoms with Crippen molar-refractivity contribution in [1.29, 1.82) is 0 Å². The zero-order chi connectivity index (χ0) is 14.4. The number of aromatic nitrogens is 2. The minimum atomic E-state index is 0.746. The quantitative estimate of drug-likeness (QED) is 0.838. The number of rotatable bonds is 2. The second-order valence-corrected chi connectivity index (χ2v) is 6.24. The van der Waals surface area contributed by atoms with E-state index in [1.165, 1.54) is 41.5 Å². The van der Waals surface area contributed by atoms with Crippen molar-refractivity contribution in [3.05, 3.63) is 40.6 Å². The van der Waals surface area contributed by atoms with Gasteiger partial charge in [0.15, 0.2) is 0 Å². The Morgan fingerprint density at radius 1 is 1.05 bits per heavy atom. The van der Waals surface area contributed by atoms with Crippen LogP contribution in [0.5, 0.6) is 5.75 Å². The van der Waals surface area contributed by atoms with Gasteiger partial charge < -0.3 is 4.74 Å². The molecule has 0 amide bonds. The zero-order valence-corrected chi connectivity index (χ0v) is 12.6. The summed E-state index contributed by atoms with van der Waals surface area (Å²) in [5, 5.41) is 8.76. The molecule has 2 aliphatic carbocycles. The van der Waals surface area contributed by atoms with Crippen molar-refractivity contribution in [2.24, 2.45) is 0 Å². The smallest absolute Gasteiger partial charge is 0.128 e. The first-order valence-corrected chi connectivity index (χ1v) is 7.80. The van der Waals surface area contributed by atoms with Gasteiger partial charge in [0, 0.05) is 5.56 Å². The lowest BCUT2D eigenvalue weighted by Gasteiger charge is -2.15. The van der Waals surface area contributed by atoms with Gasteiger partial charge in [0.25, 0.3) is 0 Å². The molecule has 1 aromatic carbocycles. The van der Waals surface area contributed by atoms with Crippen molar-refractivity contribution in [2.75, 3.05) is 7.11 Å². The SMILES string of the molecule is COc1cc(C2CC2)cc2c1-c1nnc(C)cc1CCC2. The summed E-state index contributed by atoms with van der Waals surface area (Å²) in [7, 11) is 1.76. The lowest BCUT2D eigenvalue weighted by Crippen LogP contribution is -2.00. The number of fused-ring (bicyclic) bond motifs is 3. The van der Waals surface area contributed by atoms with E-state index in [1.807, 2.05) is 6.92 Å². The van der Waals surface area contributed by atoms with E-state index in [4.69, 9.17) is 4.74 Å². The Balaban J connectivity index is 1.94. The van der Waals surface area contributed by atoms with Crippen molar-refractivity contribution >= 4 is 0 Å². The Hall–Kier alpha value is -1.90. The summed E-state index contributed by atoms with van der Waals surface area (Å²) in [4.78, 5) is 0.